The van der Waals surface area contributed by atoms with E-state index in [9.17, 15) is 9.59 Å². The molecule has 6 nitrogen and oxygen atoms in total. The Labute approximate surface area is 118 Å². The van der Waals surface area contributed by atoms with Crippen LogP contribution in [0.5, 0.6) is 0 Å². The van der Waals surface area contributed by atoms with Crippen LogP contribution in [0.1, 0.15) is 26.5 Å². The lowest BCUT2D eigenvalue weighted by Crippen LogP contribution is -2.03. The molecule has 2 heterocycles. The number of hydrogen-bond donors (Lipinski definition) is 1. The molecule has 0 amide bonds. The highest BCUT2D eigenvalue weighted by atomic mass is 32.2. The van der Waals surface area contributed by atoms with Gasteiger partial charge in [0.1, 0.15) is 16.3 Å². The molecule has 0 unspecified atom stereocenters. The molecular weight excluding hydrogens is 282 g/mol. The summed E-state index contributed by atoms with van der Waals surface area (Å²) >= 11 is 1.18. The maximum atomic E-state index is 11.5. The average Bonchev–Trinajstić information content (AvgIpc) is 2.92. The minimum atomic E-state index is -1.05. The number of pyridine rings is 1. The van der Waals surface area contributed by atoms with Gasteiger partial charge in [-0.05, 0) is 18.2 Å². The van der Waals surface area contributed by atoms with Crippen molar-refractivity contribution in [2.45, 2.75) is 10.8 Å². The van der Waals surface area contributed by atoms with Crippen LogP contribution in [0.4, 0.5) is 0 Å². The number of nitrogens with zero attached hydrogens (tertiary/aromatic N) is 1. The van der Waals surface area contributed by atoms with Gasteiger partial charge in [-0.15, -0.1) is 0 Å². The van der Waals surface area contributed by atoms with E-state index in [0.29, 0.717) is 16.3 Å². The van der Waals surface area contributed by atoms with Crippen molar-refractivity contribution in [2.75, 3.05) is 7.11 Å². The number of aromatic carboxylic acids is 1. The van der Waals surface area contributed by atoms with Crippen molar-refractivity contribution in [1.29, 1.82) is 0 Å². The van der Waals surface area contributed by atoms with Crippen molar-refractivity contribution < 1.29 is 23.8 Å². The summed E-state index contributed by atoms with van der Waals surface area (Å²) in [5, 5.41) is 9.42. The molecule has 0 radical (unpaired) electrons. The zero-order valence-corrected chi connectivity index (χ0v) is 11.3. The first-order valence-corrected chi connectivity index (χ1v) is 6.58. The number of methoxy groups -OCH3 is 1. The predicted octanol–water partition coefficient (Wildman–Crippen LogP) is 2.45. The summed E-state index contributed by atoms with van der Waals surface area (Å²) in [6.45, 7) is 0. The molecule has 20 heavy (non-hydrogen) atoms. The Bertz CT molecular complexity index is 637. The Balaban J connectivity index is 2.16. The van der Waals surface area contributed by atoms with Gasteiger partial charge in [-0.1, -0.05) is 11.8 Å². The Kier molecular flexibility index (Phi) is 4.41. The fraction of sp³-hybridized carbons (Fsp3) is 0.154. The van der Waals surface area contributed by atoms with Gasteiger partial charge in [-0.3, -0.25) is 0 Å². The lowest BCUT2D eigenvalue weighted by Gasteiger charge is -2.04. The molecule has 2 rings (SSSR count). The normalized spacial score (nSPS) is 10.2. The zero-order chi connectivity index (χ0) is 14.5. The number of carbonyl (C=O) groups is 2. The van der Waals surface area contributed by atoms with Crippen molar-refractivity contribution in [2.24, 2.45) is 0 Å². The maximum absolute atomic E-state index is 11.5. The molecule has 1 N–H and O–H groups in total. The summed E-state index contributed by atoms with van der Waals surface area (Å²) in [7, 11) is 1.29. The van der Waals surface area contributed by atoms with Gasteiger partial charge in [0.15, 0.2) is 0 Å². The SMILES string of the molecule is COC(=O)c1ccoc1CSc1ncccc1C(=O)O. The highest BCUT2D eigenvalue weighted by molar-refractivity contribution is 7.98. The van der Waals surface area contributed by atoms with Gasteiger partial charge in [0.25, 0.3) is 0 Å². The topological polar surface area (TPSA) is 89.6 Å². The standard InChI is InChI=1S/C13H11NO5S/c1-18-13(17)8-4-6-19-10(8)7-20-11-9(12(15)16)3-2-5-14-11/h2-6H,7H2,1H3,(H,15,16). The monoisotopic (exact) mass is 293 g/mol. The van der Waals surface area contributed by atoms with Gasteiger partial charge in [0.2, 0.25) is 0 Å². The molecule has 0 aliphatic heterocycles. The first-order chi connectivity index (χ1) is 9.63. The van der Waals surface area contributed by atoms with Crippen LogP contribution < -0.4 is 0 Å². The summed E-state index contributed by atoms with van der Waals surface area (Å²) < 4.78 is 9.84. The van der Waals surface area contributed by atoms with Gasteiger partial charge in [-0.2, -0.15) is 0 Å². The molecule has 0 atom stereocenters. The quantitative estimate of drug-likeness (QED) is 0.669. The van der Waals surface area contributed by atoms with Gasteiger partial charge < -0.3 is 14.3 Å². The number of esters is 1. The van der Waals surface area contributed by atoms with Crippen LogP contribution >= 0.6 is 11.8 Å². The van der Waals surface area contributed by atoms with Crippen molar-refractivity contribution in [1.82, 2.24) is 4.98 Å². The maximum Gasteiger partial charge on any atom is 0.341 e. The molecule has 0 saturated carbocycles. The smallest absolute Gasteiger partial charge is 0.341 e. The lowest BCUT2D eigenvalue weighted by atomic mass is 10.3. The molecule has 104 valence electrons. The van der Waals surface area contributed by atoms with E-state index in [1.54, 1.807) is 6.07 Å². The van der Waals surface area contributed by atoms with E-state index in [-0.39, 0.29) is 11.3 Å². The third-order valence-corrected chi connectivity index (χ3v) is 3.50. The number of carboxylic acids is 1. The molecule has 0 saturated heterocycles. The minimum absolute atomic E-state index is 0.115. The fourth-order valence-corrected chi connectivity index (χ4v) is 2.48. The minimum Gasteiger partial charge on any atom is -0.478 e. The summed E-state index contributed by atoms with van der Waals surface area (Å²) in [5.74, 6) is -0.833. The van der Waals surface area contributed by atoms with E-state index in [2.05, 4.69) is 9.72 Å². The molecule has 7 heteroatoms. The fourth-order valence-electron chi connectivity index (χ4n) is 1.55. The summed E-state index contributed by atoms with van der Waals surface area (Å²) in [5.41, 5.74) is 0.441. The summed E-state index contributed by atoms with van der Waals surface area (Å²) in [6, 6.07) is 4.54. The number of thioether (sulfide) groups is 1. The first-order valence-electron chi connectivity index (χ1n) is 5.59. The van der Waals surface area contributed by atoms with Gasteiger partial charge in [0.05, 0.1) is 24.7 Å². The van der Waals surface area contributed by atoms with E-state index >= 15 is 0 Å². The van der Waals surface area contributed by atoms with E-state index in [1.165, 1.54) is 43.5 Å². The highest BCUT2D eigenvalue weighted by Gasteiger charge is 2.17. The Hall–Kier alpha value is -2.28. The molecule has 0 bridgehead atoms. The molecule has 0 aliphatic carbocycles. The Morgan fingerprint density at radius 3 is 2.90 bits per heavy atom. The van der Waals surface area contributed by atoms with E-state index in [1.807, 2.05) is 0 Å². The van der Waals surface area contributed by atoms with Crippen LogP contribution in [0.3, 0.4) is 0 Å². The second kappa shape index (κ2) is 6.25. The first kappa shape index (κ1) is 14.1. The van der Waals surface area contributed by atoms with Crippen LogP contribution in [0, 0.1) is 0 Å². The van der Waals surface area contributed by atoms with E-state index in [0.717, 1.165) is 0 Å². The molecule has 2 aromatic heterocycles. The van der Waals surface area contributed by atoms with Crippen molar-refractivity contribution in [3.63, 3.8) is 0 Å². The van der Waals surface area contributed by atoms with E-state index < -0.39 is 11.9 Å². The summed E-state index contributed by atoms with van der Waals surface area (Å²) in [6.07, 6.45) is 2.90. The van der Waals surface area contributed by atoms with Gasteiger partial charge >= 0.3 is 11.9 Å². The number of rotatable bonds is 5. The largest absolute Gasteiger partial charge is 0.478 e. The molecule has 0 spiro atoms. The third-order valence-electron chi connectivity index (χ3n) is 2.49. The van der Waals surface area contributed by atoms with Crippen LogP contribution in [0.15, 0.2) is 40.1 Å². The highest BCUT2D eigenvalue weighted by Crippen LogP contribution is 2.26. The number of ether oxygens (including phenoxy) is 1. The van der Waals surface area contributed by atoms with E-state index in [4.69, 9.17) is 9.52 Å². The average molecular weight is 293 g/mol. The zero-order valence-electron chi connectivity index (χ0n) is 10.5. The molecular formula is C13H11NO5S. The number of furan rings is 1. The van der Waals surface area contributed by atoms with Crippen LogP contribution in [0.2, 0.25) is 0 Å². The predicted molar refractivity (Wildman–Crippen MR) is 70.8 cm³/mol. The Morgan fingerprint density at radius 1 is 1.40 bits per heavy atom. The van der Waals surface area contributed by atoms with Crippen LogP contribution in [-0.4, -0.2) is 29.1 Å². The number of aromatic nitrogens is 1. The van der Waals surface area contributed by atoms with Crippen LogP contribution in [-0.2, 0) is 10.5 Å². The molecule has 0 aliphatic rings. The van der Waals surface area contributed by atoms with Crippen molar-refractivity contribution >= 4 is 23.7 Å². The lowest BCUT2D eigenvalue weighted by molar-refractivity contribution is 0.0597. The molecule has 2 aromatic rings. The number of hydrogen-bond acceptors (Lipinski definition) is 6. The molecule has 0 fully saturated rings. The van der Waals surface area contributed by atoms with Crippen molar-refractivity contribution in [3.8, 4) is 0 Å². The van der Waals surface area contributed by atoms with Gasteiger partial charge in [-0.25, -0.2) is 14.6 Å². The second-order valence-electron chi connectivity index (χ2n) is 3.70. The summed E-state index contributed by atoms with van der Waals surface area (Å²) in [4.78, 5) is 26.6. The number of carbonyl (C=O) groups excluding carboxylic acids is 1. The van der Waals surface area contributed by atoms with Gasteiger partial charge in [0, 0.05) is 6.20 Å². The molecule has 0 aromatic carbocycles. The number of carboxylic acid groups (broad SMARTS) is 1. The van der Waals surface area contributed by atoms with Crippen LogP contribution in [0.25, 0.3) is 0 Å². The third kappa shape index (κ3) is 3.00. The Morgan fingerprint density at radius 2 is 2.20 bits per heavy atom. The van der Waals surface area contributed by atoms with Crippen molar-refractivity contribution in [3.05, 3.63) is 47.5 Å². The second-order valence-corrected chi connectivity index (χ2v) is 4.66.